The SMILES string of the molecule is CCc1nn(-c2ccccc2C)c(O)c1C. The van der Waals surface area contributed by atoms with Crippen LogP contribution in [-0.4, -0.2) is 14.9 Å². The monoisotopic (exact) mass is 216 g/mol. The van der Waals surface area contributed by atoms with E-state index in [2.05, 4.69) is 5.10 Å². The maximum atomic E-state index is 10.0. The Kier molecular flexibility index (Phi) is 2.69. The number of aromatic hydroxyl groups is 1. The number of rotatable bonds is 2. The van der Waals surface area contributed by atoms with Crippen LogP contribution in [0.25, 0.3) is 5.69 Å². The lowest BCUT2D eigenvalue weighted by molar-refractivity contribution is 0.430. The van der Waals surface area contributed by atoms with Crippen LogP contribution in [0, 0.1) is 13.8 Å². The number of hydrogen-bond donors (Lipinski definition) is 1. The Hall–Kier alpha value is -1.77. The minimum absolute atomic E-state index is 0.242. The lowest BCUT2D eigenvalue weighted by atomic mass is 10.2. The van der Waals surface area contributed by atoms with Gasteiger partial charge in [0.05, 0.1) is 11.4 Å². The van der Waals surface area contributed by atoms with Crippen molar-refractivity contribution in [2.24, 2.45) is 0 Å². The Bertz CT molecular complexity index is 515. The van der Waals surface area contributed by atoms with Crippen molar-refractivity contribution in [3.05, 3.63) is 41.1 Å². The molecule has 0 bridgehead atoms. The van der Waals surface area contributed by atoms with E-state index >= 15 is 0 Å². The van der Waals surface area contributed by atoms with Gasteiger partial charge in [0.1, 0.15) is 0 Å². The molecule has 0 saturated carbocycles. The van der Waals surface area contributed by atoms with Gasteiger partial charge in [0.25, 0.3) is 0 Å². The Morgan fingerprint density at radius 1 is 1.25 bits per heavy atom. The van der Waals surface area contributed by atoms with E-state index in [0.717, 1.165) is 28.9 Å². The van der Waals surface area contributed by atoms with E-state index in [9.17, 15) is 5.11 Å². The highest BCUT2D eigenvalue weighted by Gasteiger charge is 2.14. The molecule has 0 aliphatic rings. The lowest BCUT2D eigenvalue weighted by Gasteiger charge is -2.06. The van der Waals surface area contributed by atoms with Gasteiger partial charge in [0, 0.05) is 5.56 Å². The summed E-state index contributed by atoms with van der Waals surface area (Å²) in [5.74, 6) is 0.242. The fraction of sp³-hybridized carbons (Fsp3) is 0.308. The largest absolute Gasteiger partial charge is 0.493 e. The van der Waals surface area contributed by atoms with E-state index in [1.807, 2.05) is 45.0 Å². The Balaban J connectivity index is 2.61. The zero-order valence-electron chi connectivity index (χ0n) is 9.86. The summed E-state index contributed by atoms with van der Waals surface area (Å²) >= 11 is 0. The second-order valence-corrected chi connectivity index (χ2v) is 3.95. The quantitative estimate of drug-likeness (QED) is 0.838. The van der Waals surface area contributed by atoms with Gasteiger partial charge in [-0.25, -0.2) is 4.68 Å². The molecule has 84 valence electrons. The predicted molar refractivity (Wildman–Crippen MR) is 64.1 cm³/mol. The average molecular weight is 216 g/mol. The third kappa shape index (κ3) is 1.58. The van der Waals surface area contributed by atoms with E-state index in [-0.39, 0.29) is 5.88 Å². The summed E-state index contributed by atoms with van der Waals surface area (Å²) < 4.78 is 1.61. The van der Waals surface area contributed by atoms with Crippen molar-refractivity contribution in [3.63, 3.8) is 0 Å². The summed E-state index contributed by atoms with van der Waals surface area (Å²) in [4.78, 5) is 0. The Morgan fingerprint density at radius 3 is 2.50 bits per heavy atom. The number of aromatic nitrogens is 2. The molecule has 0 unspecified atom stereocenters. The summed E-state index contributed by atoms with van der Waals surface area (Å²) in [5, 5.41) is 14.5. The summed E-state index contributed by atoms with van der Waals surface area (Å²) in [6.07, 6.45) is 0.832. The maximum absolute atomic E-state index is 10.0. The van der Waals surface area contributed by atoms with Crippen LogP contribution in [0.5, 0.6) is 5.88 Å². The average Bonchev–Trinajstić information content (AvgIpc) is 2.57. The predicted octanol–water partition coefficient (Wildman–Crippen LogP) is 2.76. The zero-order valence-corrected chi connectivity index (χ0v) is 9.86. The molecule has 0 amide bonds. The maximum Gasteiger partial charge on any atom is 0.217 e. The van der Waals surface area contributed by atoms with Crippen LogP contribution < -0.4 is 0 Å². The smallest absolute Gasteiger partial charge is 0.217 e. The molecule has 2 aromatic rings. The summed E-state index contributed by atoms with van der Waals surface area (Å²) in [6.45, 7) is 5.95. The van der Waals surface area contributed by atoms with Crippen molar-refractivity contribution < 1.29 is 5.11 Å². The van der Waals surface area contributed by atoms with Gasteiger partial charge in [0.15, 0.2) is 0 Å². The van der Waals surface area contributed by atoms with Gasteiger partial charge >= 0.3 is 0 Å². The van der Waals surface area contributed by atoms with Crippen LogP contribution in [0.2, 0.25) is 0 Å². The topological polar surface area (TPSA) is 38.0 Å². The van der Waals surface area contributed by atoms with Gasteiger partial charge in [-0.1, -0.05) is 25.1 Å². The summed E-state index contributed by atoms with van der Waals surface area (Å²) in [5.41, 5.74) is 3.84. The Labute approximate surface area is 95.3 Å². The molecular weight excluding hydrogens is 200 g/mol. The molecule has 0 atom stereocenters. The van der Waals surface area contributed by atoms with Crippen LogP contribution in [-0.2, 0) is 6.42 Å². The molecule has 1 aromatic heterocycles. The molecule has 1 N–H and O–H groups in total. The van der Waals surface area contributed by atoms with Crippen LogP contribution in [0.15, 0.2) is 24.3 Å². The summed E-state index contributed by atoms with van der Waals surface area (Å²) in [6, 6.07) is 7.90. The van der Waals surface area contributed by atoms with E-state index in [1.54, 1.807) is 4.68 Å². The normalized spacial score (nSPS) is 10.7. The van der Waals surface area contributed by atoms with Gasteiger partial charge in [-0.2, -0.15) is 5.10 Å². The molecule has 1 aromatic carbocycles. The highest BCUT2D eigenvalue weighted by atomic mass is 16.3. The van der Waals surface area contributed by atoms with Crippen molar-refractivity contribution in [1.29, 1.82) is 0 Å². The van der Waals surface area contributed by atoms with Gasteiger partial charge in [-0.3, -0.25) is 0 Å². The molecule has 0 aliphatic heterocycles. The van der Waals surface area contributed by atoms with Crippen molar-refractivity contribution in [2.75, 3.05) is 0 Å². The van der Waals surface area contributed by atoms with Crippen LogP contribution in [0.3, 0.4) is 0 Å². The van der Waals surface area contributed by atoms with E-state index in [1.165, 1.54) is 0 Å². The molecule has 16 heavy (non-hydrogen) atoms. The molecular formula is C13H16N2O. The first-order valence-electron chi connectivity index (χ1n) is 5.48. The first-order chi connectivity index (χ1) is 7.65. The number of hydrogen-bond acceptors (Lipinski definition) is 2. The van der Waals surface area contributed by atoms with Gasteiger partial charge in [-0.05, 0) is 31.9 Å². The van der Waals surface area contributed by atoms with E-state index in [0.29, 0.717) is 0 Å². The second kappa shape index (κ2) is 4.00. The number of benzene rings is 1. The first-order valence-corrected chi connectivity index (χ1v) is 5.48. The number of aryl methyl sites for hydroxylation is 2. The molecule has 0 saturated heterocycles. The molecule has 3 heteroatoms. The van der Waals surface area contributed by atoms with Crippen molar-refractivity contribution in [3.8, 4) is 11.6 Å². The molecule has 0 fully saturated rings. The highest BCUT2D eigenvalue weighted by Crippen LogP contribution is 2.25. The number of nitrogens with zero attached hydrogens (tertiary/aromatic N) is 2. The third-order valence-electron chi connectivity index (χ3n) is 2.87. The molecule has 1 heterocycles. The van der Waals surface area contributed by atoms with Gasteiger partial charge in [-0.15, -0.1) is 0 Å². The molecule has 0 spiro atoms. The van der Waals surface area contributed by atoms with Gasteiger partial charge in [0.2, 0.25) is 5.88 Å². The molecule has 3 nitrogen and oxygen atoms in total. The Morgan fingerprint density at radius 2 is 1.94 bits per heavy atom. The first kappa shape index (κ1) is 10.7. The minimum atomic E-state index is 0.242. The standard InChI is InChI=1S/C13H16N2O/c1-4-11-10(3)13(16)15(14-11)12-8-6-5-7-9(12)2/h5-8,16H,4H2,1-3H3. The zero-order chi connectivity index (χ0) is 11.7. The fourth-order valence-electron chi connectivity index (χ4n) is 1.84. The molecule has 0 radical (unpaired) electrons. The van der Waals surface area contributed by atoms with Crippen LogP contribution in [0.4, 0.5) is 0 Å². The van der Waals surface area contributed by atoms with Gasteiger partial charge < -0.3 is 5.11 Å². The van der Waals surface area contributed by atoms with Crippen molar-refractivity contribution in [2.45, 2.75) is 27.2 Å². The van der Waals surface area contributed by atoms with Crippen molar-refractivity contribution in [1.82, 2.24) is 9.78 Å². The third-order valence-corrected chi connectivity index (χ3v) is 2.87. The highest BCUT2D eigenvalue weighted by molar-refractivity contribution is 5.44. The van der Waals surface area contributed by atoms with Crippen LogP contribution in [0.1, 0.15) is 23.7 Å². The van der Waals surface area contributed by atoms with E-state index in [4.69, 9.17) is 0 Å². The van der Waals surface area contributed by atoms with Crippen molar-refractivity contribution >= 4 is 0 Å². The van der Waals surface area contributed by atoms with Crippen LogP contribution >= 0.6 is 0 Å². The second-order valence-electron chi connectivity index (χ2n) is 3.95. The lowest BCUT2D eigenvalue weighted by Crippen LogP contribution is -1.98. The van der Waals surface area contributed by atoms with E-state index < -0.39 is 0 Å². The molecule has 0 aliphatic carbocycles. The number of para-hydroxylation sites is 1. The fourth-order valence-corrected chi connectivity index (χ4v) is 1.84. The minimum Gasteiger partial charge on any atom is -0.493 e. The molecule has 2 rings (SSSR count). The summed E-state index contributed by atoms with van der Waals surface area (Å²) in [7, 11) is 0.